The van der Waals surface area contributed by atoms with Crippen molar-refractivity contribution in [1.82, 2.24) is 5.43 Å². The Labute approximate surface area is 167 Å². The quantitative estimate of drug-likeness (QED) is 0.572. The fraction of sp³-hybridized carbons (Fsp3) is 0.250. The summed E-state index contributed by atoms with van der Waals surface area (Å²) in [6, 6.07) is 15.2. The third-order valence-electron chi connectivity index (χ3n) is 4.56. The fourth-order valence-corrected chi connectivity index (χ4v) is 3.43. The molecule has 0 heterocycles. The summed E-state index contributed by atoms with van der Waals surface area (Å²) in [5.41, 5.74) is 4.82. The van der Waals surface area contributed by atoms with Gasteiger partial charge in [-0.15, -0.1) is 0 Å². The number of hydrogen-bond acceptors (Lipinski definition) is 3. The smallest absolute Gasteiger partial charge is 0.316 e. The molecule has 1 aliphatic rings. The van der Waals surface area contributed by atoms with Gasteiger partial charge in [0.2, 0.25) is 0 Å². The van der Waals surface area contributed by atoms with E-state index in [2.05, 4.69) is 28.0 Å². The zero-order chi connectivity index (χ0) is 19.2. The average Bonchev–Trinajstić information content (AvgIpc) is 2.70. The van der Waals surface area contributed by atoms with Crippen molar-refractivity contribution in [2.24, 2.45) is 5.10 Å². The number of rotatable bonds is 3. The van der Waals surface area contributed by atoms with Crippen LogP contribution in [0.1, 0.15) is 37.2 Å². The molecule has 0 atom stereocenters. The maximum absolute atomic E-state index is 12.0. The van der Waals surface area contributed by atoms with Crippen molar-refractivity contribution in [3.8, 4) is 0 Å². The summed E-state index contributed by atoms with van der Waals surface area (Å²) >= 11 is 11.9. The van der Waals surface area contributed by atoms with E-state index in [1.807, 2.05) is 18.2 Å². The van der Waals surface area contributed by atoms with Gasteiger partial charge in [0.1, 0.15) is 0 Å². The average molecular weight is 404 g/mol. The molecule has 0 aliphatic heterocycles. The Morgan fingerprint density at radius 1 is 0.926 bits per heavy atom. The number of carbonyl (C=O) groups is 2. The normalized spacial score (nSPS) is 16.5. The van der Waals surface area contributed by atoms with Gasteiger partial charge in [0.25, 0.3) is 0 Å². The zero-order valence-electron chi connectivity index (χ0n) is 14.5. The van der Waals surface area contributed by atoms with Crippen LogP contribution in [-0.2, 0) is 9.59 Å². The molecular weight excluding hydrogens is 385 g/mol. The van der Waals surface area contributed by atoms with E-state index in [0.717, 1.165) is 31.4 Å². The Bertz CT molecular complexity index is 859. The number of hydrogen-bond donors (Lipinski definition) is 2. The van der Waals surface area contributed by atoms with Crippen molar-refractivity contribution in [1.29, 1.82) is 0 Å². The molecule has 5 nitrogen and oxygen atoms in total. The molecule has 7 heteroatoms. The molecule has 27 heavy (non-hydrogen) atoms. The van der Waals surface area contributed by atoms with Crippen LogP contribution < -0.4 is 10.7 Å². The first-order valence-corrected chi connectivity index (χ1v) is 9.46. The van der Waals surface area contributed by atoms with Crippen molar-refractivity contribution in [2.75, 3.05) is 5.32 Å². The summed E-state index contributed by atoms with van der Waals surface area (Å²) in [7, 11) is 0. The summed E-state index contributed by atoms with van der Waals surface area (Å²) in [6.07, 6.45) is 3.54. The Morgan fingerprint density at radius 2 is 1.63 bits per heavy atom. The number of nitrogens with one attached hydrogen (secondary N) is 2. The van der Waals surface area contributed by atoms with Gasteiger partial charge in [0.05, 0.1) is 15.7 Å². The van der Waals surface area contributed by atoms with Crippen LogP contribution in [-0.4, -0.2) is 17.5 Å². The van der Waals surface area contributed by atoms with E-state index in [1.165, 1.54) is 5.56 Å². The lowest BCUT2D eigenvalue weighted by atomic mass is 9.83. The van der Waals surface area contributed by atoms with E-state index in [4.69, 9.17) is 23.2 Å². The summed E-state index contributed by atoms with van der Waals surface area (Å²) in [5, 5.41) is 7.02. The van der Waals surface area contributed by atoms with Crippen LogP contribution in [0.2, 0.25) is 10.0 Å². The molecule has 140 valence electrons. The minimum Gasteiger partial charge on any atom is -0.316 e. The van der Waals surface area contributed by atoms with E-state index in [1.54, 1.807) is 18.2 Å². The largest absolute Gasteiger partial charge is 0.329 e. The second-order valence-corrected chi connectivity index (χ2v) is 7.14. The number of anilines is 1. The van der Waals surface area contributed by atoms with Gasteiger partial charge in [-0.2, -0.15) is 5.10 Å². The molecule has 0 unspecified atom stereocenters. The third kappa shape index (κ3) is 5.08. The Morgan fingerprint density at radius 3 is 2.33 bits per heavy atom. The second-order valence-electron chi connectivity index (χ2n) is 6.36. The minimum absolute atomic E-state index is 0.186. The topological polar surface area (TPSA) is 70.6 Å². The summed E-state index contributed by atoms with van der Waals surface area (Å²) in [6.45, 7) is 0. The molecule has 2 N–H and O–H groups in total. The van der Waals surface area contributed by atoms with Gasteiger partial charge < -0.3 is 5.32 Å². The molecule has 0 bridgehead atoms. The minimum atomic E-state index is -0.846. The predicted molar refractivity (Wildman–Crippen MR) is 108 cm³/mol. The van der Waals surface area contributed by atoms with Crippen LogP contribution >= 0.6 is 23.2 Å². The van der Waals surface area contributed by atoms with Gasteiger partial charge in [-0.1, -0.05) is 59.6 Å². The lowest BCUT2D eigenvalue weighted by Crippen LogP contribution is -2.33. The first-order valence-electron chi connectivity index (χ1n) is 8.70. The molecule has 1 saturated carbocycles. The molecule has 1 fully saturated rings. The van der Waals surface area contributed by atoms with Crippen molar-refractivity contribution in [3.05, 3.63) is 64.1 Å². The highest BCUT2D eigenvalue weighted by atomic mass is 35.5. The zero-order valence-corrected chi connectivity index (χ0v) is 16.1. The Hall–Kier alpha value is -2.37. The number of halogens is 2. The van der Waals surface area contributed by atoms with Crippen LogP contribution in [0.4, 0.5) is 5.69 Å². The van der Waals surface area contributed by atoms with Crippen molar-refractivity contribution in [3.63, 3.8) is 0 Å². The molecule has 0 saturated heterocycles. The molecule has 0 radical (unpaired) electrons. The molecule has 1 aliphatic carbocycles. The number of benzene rings is 2. The number of amides is 2. The maximum Gasteiger partial charge on any atom is 0.329 e. The predicted octanol–water partition coefficient (Wildman–Crippen LogP) is 4.76. The molecule has 0 spiro atoms. The van der Waals surface area contributed by atoms with Gasteiger partial charge in [-0.25, -0.2) is 5.43 Å². The molecule has 2 amide bonds. The third-order valence-corrected chi connectivity index (χ3v) is 5.37. The van der Waals surface area contributed by atoms with E-state index >= 15 is 0 Å². The Balaban J connectivity index is 1.51. The van der Waals surface area contributed by atoms with Crippen molar-refractivity contribution in [2.45, 2.75) is 31.6 Å². The first-order chi connectivity index (χ1) is 13.0. The lowest BCUT2D eigenvalue weighted by Gasteiger charge is -2.23. The van der Waals surface area contributed by atoms with E-state index < -0.39 is 11.8 Å². The number of nitrogens with zero attached hydrogens (tertiary/aromatic N) is 1. The van der Waals surface area contributed by atoms with Crippen LogP contribution in [0.5, 0.6) is 0 Å². The number of carbonyl (C=O) groups excluding carboxylic acids is 2. The highest BCUT2D eigenvalue weighted by Crippen LogP contribution is 2.31. The maximum atomic E-state index is 12.0. The second kappa shape index (κ2) is 9.02. The highest BCUT2D eigenvalue weighted by molar-refractivity contribution is 6.45. The first kappa shape index (κ1) is 19.4. The van der Waals surface area contributed by atoms with Crippen molar-refractivity contribution < 1.29 is 9.59 Å². The molecule has 2 aromatic carbocycles. The van der Waals surface area contributed by atoms with Crippen LogP contribution in [0, 0.1) is 0 Å². The standard InChI is InChI=1S/C20H19Cl2N3O2/c21-16-7-4-8-17(18(16)22)23-19(26)20(27)25-24-15-11-9-14(10-12-15)13-5-2-1-3-6-13/h1-8,14H,9-12H2,(H,23,26)(H,25,27). The Kier molecular flexibility index (Phi) is 6.48. The molecular formula is C20H19Cl2N3O2. The fourth-order valence-electron chi connectivity index (χ4n) is 3.08. The molecule has 3 rings (SSSR count). The van der Waals surface area contributed by atoms with Gasteiger partial charge in [-0.05, 0) is 49.3 Å². The molecule has 2 aromatic rings. The lowest BCUT2D eigenvalue weighted by molar-refractivity contribution is -0.136. The van der Waals surface area contributed by atoms with Crippen molar-refractivity contribution >= 4 is 46.4 Å². The monoisotopic (exact) mass is 403 g/mol. The van der Waals surface area contributed by atoms with Gasteiger partial charge in [0, 0.05) is 5.71 Å². The van der Waals surface area contributed by atoms with E-state index in [9.17, 15) is 9.59 Å². The number of hydrazone groups is 1. The summed E-state index contributed by atoms with van der Waals surface area (Å²) < 4.78 is 0. The van der Waals surface area contributed by atoms with Crippen LogP contribution in [0.15, 0.2) is 53.6 Å². The van der Waals surface area contributed by atoms with Crippen LogP contribution in [0.25, 0.3) is 0 Å². The SMILES string of the molecule is O=C(NN=C1CCC(c2ccccc2)CC1)C(=O)Nc1cccc(Cl)c1Cl. The molecule has 0 aromatic heterocycles. The van der Waals surface area contributed by atoms with Gasteiger partial charge in [0.15, 0.2) is 0 Å². The highest BCUT2D eigenvalue weighted by Gasteiger charge is 2.20. The van der Waals surface area contributed by atoms with E-state index in [-0.39, 0.29) is 10.7 Å². The summed E-state index contributed by atoms with van der Waals surface area (Å²) in [4.78, 5) is 24.0. The van der Waals surface area contributed by atoms with Gasteiger partial charge >= 0.3 is 11.8 Å². The van der Waals surface area contributed by atoms with E-state index in [0.29, 0.717) is 10.9 Å². The van der Waals surface area contributed by atoms with Gasteiger partial charge in [-0.3, -0.25) is 9.59 Å². The van der Waals surface area contributed by atoms with Crippen LogP contribution in [0.3, 0.4) is 0 Å². The summed E-state index contributed by atoms with van der Waals surface area (Å²) in [5.74, 6) is -1.18.